The number of carbonyl (C=O) groups is 1. The lowest BCUT2D eigenvalue weighted by molar-refractivity contribution is -0.121. The van der Waals surface area contributed by atoms with Crippen molar-refractivity contribution in [3.63, 3.8) is 0 Å². The Kier molecular flexibility index (Phi) is 6.97. The Morgan fingerprint density at radius 3 is 2.63 bits per heavy atom. The molecule has 2 aromatic carbocycles. The minimum Gasteiger partial charge on any atom is -0.396 e. The van der Waals surface area contributed by atoms with Crippen LogP contribution in [0.2, 0.25) is 5.02 Å². The molecular weight excluding hydrogens is 409 g/mol. The highest BCUT2D eigenvalue weighted by atomic mass is 35.5. The van der Waals surface area contributed by atoms with Gasteiger partial charge < -0.3 is 10.4 Å². The molecule has 0 aliphatic heterocycles. The van der Waals surface area contributed by atoms with Gasteiger partial charge in [-0.3, -0.25) is 14.2 Å². The predicted molar refractivity (Wildman–Crippen MR) is 113 cm³/mol. The first-order valence-electron chi connectivity index (χ1n) is 9.37. The summed E-state index contributed by atoms with van der Waals surface area (Å²) in [5, 5.41) is 12.6. The number of hydrogen-bond donors (Lipinski definition) is 2. The molecule has 1 amide bonds. The standard InChI is InChI=1S/C22H21ClFN3O3/c1-14-19(9-10-28)22(30)27(21(26-14)16-3-2-4-18(24)11-16)13-20(29)25-12-15-5-7-17(23)8-6-15/h2-8,11,28H,9-10,12-13H2,1H3,(H,25,29). The van der Waals surface area contributed by atoms with Gasteiger partial charge in [0, 0.05) is 41.4 Å². The molecule has 30 heavy (non-hydrogen) atoms. The molecule has 1 aromatic heterocycles. The molecule has 3 aromatic rings. The maximum absolute atomic E-state index is 13.7. The van der Waals surface area contributed by atoms with Crippen LogP contribution in [-0.2, 0) is 24.3 Å². The molecule has 0 saturated heterocycles. The molecule has 0 bridgehead atoms. The highest BCUT2D eigenvalue weighted by Gasteiger charge is 2.18. The summed E-state index contributed by atoms with van der Waals surface area (Å²) in [6, 6.07) is 12.7. The Bertz CT molecular complexity index is 1110. The molecule has 0 unspecified atom stereocenters. The lowest BCUT2D eigenvalue weighted by atomic mass is 10.1. The van der Waals surface area contributed by atoms with Crippen LogP contribution in [0, 0.1) is 12.7 Å². The van der Waals surface area contributed by atoms with E-state index in [1.54, 1.807) is 37.3 Å². The zero-order valence-corrected chi connectivity index (χ0v) is 17.1. The van der Waals surface area contributed by atoms with Crippen LogP contribution < -0.4 is 10.9 Å². The van der Waals surface area contributed by atoms with Crippen molar-refractivity contribution in [2.45, 2.75) is 26.4 Å². The first kappa shape index (κ1) is 21.7. The van der Waals surface area contributed by atoms with E-state index in [9.17, 15) is 19.1 Å². The first-order valence-corrected chi connectivity index (χ1v) is 9.75. The van der Waals surface area contributed by atoms with Gasteiger partial charge in [-0.25, -0.2) is 9.37 Å². The minimum absolute atomic E-state index is 0.119. The number of nitrogens with one attached hydrogen (secondary N) is 1. The molecule has 0 spiro atoms. The van der Waals surface area contributed by atoms with Gasteiger partial charge in [-0.2, -0.15) is 0 Å². The number of nitrogens with zero attached hydrogens (tertiary/aromatic N) is 2. The molecular formula is C22H21ClFN3O3. The number of aliphatic hydroxyl groups excluding tert-OH is 1. The van der Waals surface area contributed by atoms with E-state index in [1.165, 1.54) is 22.8 Å². The van der Waals surface area contributed by atoms with Crippen LogP contribution >= 0.6 is 11.6 Å². The second-order valence-corrected chi connectivity index (χ2v) is 7.21. The molecule has 2 N–H and O–H groups in total. The normalized spacial score (nSPS) is 10.8. The first-order chi connectivity index (χ1) is 14.4. The number of hydrogen-bond acceptors (Lipinski definition) is 4. The number of rotatable bonds is 7. The molecule has 0 saturated carbocycles. The molecule has 6 nitrogen and oxygen atoms in total. The van der Waals surface area contributed by atoms with E-state index in [0.29, 0.717) is 21.8 Å². The van der Waals surface area contributed by atoms with E-state index in [0.717, 1.165) is 5.56 Å². The molecule has 156 valence electrons. The third kappa shape index (κ3) is 5.11. The van der Waals surface area contributed by atoms with Crippen LogP contribution in [0.1, 0.15) is 16.8 Å². The highest BCUT2D eigenvalue weighted by molar-refractivity contribution is 6.30. The zero-order chi connectivity index (χ0) is 21.7. The number of aryl methyl sites for hydroxylation is 1. The van der Waals surface area contributed by atoms with Crippen molar-refractivity contribution in [2.75, 3.05) is 6.61 Å². The van der Waals surface area contributed by atoms with Crippen LogP contribution in [0.3, 0.4) is 0 Å². The smallest absolute Gasteiger partial charge is 0.257 e. The fraction of sp³-hybridized carbons (Fsp3) is 0.227. The quantitative estimate of drug-likeness (QED) is 0.605. The second-order valence-electron chi connectivity index (χ2n) is 6.78. The monoisotopic (exact) mass is 429 g/mol. The molecule has 0 fully saturated rings. The molecule has 0 atom stereocenters. The van der Waals surface area contributed by atoms with Gasteiger partial charge in [0.25, 0.3) is 5.56 Å². The van der Waals surface area contributed by atoms with Gasteiger partial charge in [-0.15, -0.1) is 0 Å². The SMILES string of the molecule is Cc1nc(-c2cccc(F)c2)n(CC(=O)NCc2ccc(Cl)cc2)c(=O)c1CCO. The number of aliphatic hydroxyl groups is 1. The summed E-state index contributed by atoms with van der Waals surface area (Å²) in [5.74, 6) is -0.678. The number of benzene rings is 2. The summed E-state index contributed by atoms with van der Waals surface area (Å²) in [4.78, 5) is 30.0. The van der Waals surface area contributed by atoms with Crippen molar-refractivity contribution in [1.29, 1.82) is 0 Å². The number of halogens is 2. The second kappa shape index (κ2) is 9.65. The van der Waals surface area contributed by atoms with Crippen LogP contribution in [0.5, 0.6) is 0 Å². The molecule has 8 heteroatoms. The Morgan fingerprint density at radius 1 is 1.23 bits per heavy atom. The number of amides is 1. The predicted octanol–water partition coefficient (Wildman–Crippen LogP) is 2.86. The third-order valence-corrected chi connectivity index (χ3v) is 4.87. The number of aromatic nitrogens is 2. The van der Waals surface area contributed by atoms with Gasteiger partial charge in [-0.05, 0) is 36.8 Å². The molecule has 3 rings (SSSR count). The van der Waals surface area contributed by atoms with Crippen LogP contribution in [0.4, 0.5) is 4.39 Å². The average molecular weight is 430 g/mol. The Labute approximate surface area is 178 Å². The largest absolute Gasteiger partial charge is 0.396 e. The highest BCUT2D eigenvalue weighted by Crippen LogP contribution is 2.19. The fourth-order valence-electron chi connectivity index (χ4n) is 3.10. The van der Waals surface area contributed by atoms with Gasteiger partial charge in [0.2, 0.25) is 5.91 Å². The lowest BCUT2D eigenvalue weighted by Crippen LogP contribution is -2.35. The van der Waals surface area contributed by atoms with Crippen molar-refractivity contribution in [3.05, 3.63) is 86.5 Å². The van der Waals surface area contributed by atoms with E-state index in [2.05, 4.69) is 10.3 Å². The topological polar surface area (TPSA) is 84.2 Å². The summed E-state index contributed by atoms with van der Waals surface area (Å²) < 4.78 is 15.0. The van der Waals surface area contributed by atoms with Gasteiger partial charge in [0.05, 0.1) is 0 Å². The van der Waals surface area contributed by atoms with Gasteiger partial charge in [0.1, 0.15) is 18.2 Å². The van der Waals surface area contributed by atoms with Crippen LogP contribution in [0.15, 0.2) is 53.3 Å². The van der Waals surface area contributed by atoms with Crippen molar-refractivity contribution < 1.29 is 14.3 Å². The summed E-state index contributed by atoms with van der Waals surface area (Å²) in [6.07, 6.45) is 0.119. The number of carbonyl (C=O) groups excluding carboxylic acids is 1. The zero-order valence-electron chi connectivity index (χ0n) is 16.4. The lowest BCUT2D eigenvalue weighted by Gasteiger charge is -2.16. The van der Waals surface area contributed by atoms with Crippen LogP contribution in [0.25, 0.3) is 11.4 Å². The molecule has 0 aliphatic rings. The Morgan fingerprint density at radius 2 is 1.97 bits per heavy atom. The third-order valence-electron chi connectivity index (χ3n) is 4.62. The maximum Gasteiger partial charge on any atom is 0.257 e. The van der Waals surface area contributed by atoms with E-state index in [4.69, 9.17) is 11.6 Å². The fourth-order valence-corrected chi connectivity index (χ4v) is 3.22. The van der Waals surface area contributed by atoms with E-state index >= 15 is 0 Å². The Balaban J connectivity index is 1.92. The van der Waals surface area contributed by atoms with Crippen molar-refractivity contribution in [2.24, 2.45) is 0 Å². The molecule has 0 radical (unpaired) electrons. The molecule has 0 aliphatic carbocycles. The maximum atomic E-state index is 13.7. The van der Waals surface area contributed by atoms with E-state index in [-0.39, 0.29) is 31.9 Å². The van der Waals surface area contributed by atoms with Crippen molar-refractivity contribution >= 4 is 17.5 Å². The van der Waals surface area contributed by atoms with Crippen molar-refractivity contribution in [3.8, 4) is 11.4 Å². The van der Waals surface area contributed by atoms with E-state index < -0.39 is 17.3 Å². The van der Waals surface area contributed by atoms with Gasteiger partial charge in [-0.1, -0.05) is 35.9 Å². The summed E-state index contributed by atoms with van der Waals surface area (Å²) in [5.41, 5.74) is 1.57. The summed E-state index contributed by atoms with van der Waals surface area (Å²) >= 11 is 5.86. The van der Waals surface area contributed by atoms with Gasteiger partial charge >= 0.3 is 0 Å². The summed E-state index contributed by atoms with van der Waals surface area (Å²) in [7, 11) is 0. The summed E-state index contributed by atoms with van der Waals surface area (Å²) in [6.45, 7) is 1.41. The average Bonchev–Trinajstić information content (AvgIpc) is 2.72. The van der Waals surface area contributed by atoms with Crippen molar-refractivity contribution in [1.82, 2.24) is 14.9 Å². The van der Waals surface area contributed by atoms with Gasteiger partial charge in [0.15, 0.2) is 0 Å². The minimum atomic E-state index is -0.474. The van der Waals surface area contributed by atoms with Crippen LogP contribution in [-0.4, -0.2) is 27.2 Å². The van der Waals surface area contributed by atoms with E-state index in [1.807, 2.05) is 0 Å². The Hall–Kier alpha value is -3.03. The molecule has 1 heterocycles.